The fraction of sp³-hybridized carbons (Fsp3) is 0.667. The van der Waals surface area contributed by atoms with Crippen LogP contribution in [0.1, 0.15) is 57.1 Å². The number of rotatable bonds is 3. The van der Waals surface area contributed by atoms with Gasteiger partial charge in [0.25, 0.3) is 0 Å². The first-order valence-corrected chi connectivity index (χ1v) is 9.23. The molecule has 3 atom stereocenters. The van der Waals surface area contributed by atoms with Gasteiger partial charge in [0.2, 0.25) is 0 Å². The van der Waals surface area contributed by atoms with E-state index in [1.54, 1.807) is 0 Å². The van der Waals surface area contributed by atoms with E-state index in [1.807, 2.05) is 0 Å². The molecule has 2 aliphatic rings. The number of nitrogens with zero attached hydrogens (tertiary/aromatic N) is 1. The van der Waals surface area contributed by atoms with Crippen LogP contribution >= 0.6 is 15.9 Å². The second-order valence-electron chi connectivity index (χ2n) is 6.66. The van der Waals surface area contributed by atoms with Crippen molar-refractivity contribution in [3.63, 3.8) is 0 Å². The van der Waals surface area contributed by atoms with Gasteiger partial charge in [0.05, 0.1) is 0 Å². The first-order valence-electron chi connectivity index (χ1n) is 8.44. The van der Waals surface area contributed by atoms with E-state index in [9.17, 15) is 0 Å². The molecule has 1 aromatic carbocycles. The summed E-state index contributed by atoms with van der Waals surface area (Å²) in [5.74, 6) is 0.925. The van der Waals surface area contributed by atoms with Gasteiger partial charge in [-0.05, 0) is 69.3 Å². The molecule has 2 fully saturated rings. The number of benzene rings is 1. The number of fused-ring (bicyclic) bond motifs is 1. The molecule has 0 aromatic heterocycles. The third kappa shape index (κ3) is 3.14. The van der Waals surface area contributed by atoms with Gasteiger partial charge in [-0.3, -0.25) is 0 Å². The third-order valence-electron chi connectivity index (χ3n) is 5.44. The minimum Gasteiger partial charge on any atom is -0.368 e. The molecule has 1 aliphatic heterocycles. The Morgan fingerprint density at radius 3 is 2.76 bits per heavy atom. The van der Waals surface area contributed by atoms with Crippen molar-refractivity contribution in [2.24, 2.45) is 5.92 Å². The third-order valence-corrected chi connectivity index (χ3v) is 5.93. The lowest BCUT2D eigenvalue weighted by Gasteiger charge is -2.46. The van der Waals surface area contributed by atoms with Gasteiger partial charge < -0.3 is 10.2 Å². The number of hydrogen-bond acceptors (Lipinski definition) is 2. The quantitative estimate of drug-likeness (QED) is 0.834. The average Bonchev–Trinajstić information content (AvgIpc) is 2.53. The lowest BCUT2D eigenvalue weighted by atomic mass is 9.78. The highest BCUT2D eigenvalue weighted by molar-refractivity contribution is 9.10. The maximum absolute atomic E-state index is 3.64. The predicted octanol–water partition coefficient (Wildman–Crippen LogP) is 4.89. The number of hydrogen-bond donors (Lipinski definition) is 1. The van der Waals surface area contributed by atoms with Gasteiger partial charge in [0.15, 0.2) is 0 Å². The molecule has 1 aliphatic carbocycles. The molecule has 1 saturated carbocycles. The zero-order valence-electron chi connectivity index (χ0n) is 13.2. The maximum atomic E-state index is 3.64. The summed E-state index contributed by atoms with van der Waals surface area (Å²) >= 11 is 3.64. The highest BCUT2D eigenvalue weighted by atomic mass is 79.9. The van der Waals surface area contributed by atoms with Crippen LogP contribution in [-0.4, -0.2) is 19.6 Å². The molecule has 21 heavy (non-hydrogen) atoms. The van der Waals surface area contributed by atoms with Gasteiger partial charge in [0, 0.05) is 28.8 Å². The molecular weight excluding hydrogens is 324 g/mol. The minimum absolute atomic E-state index is 0.390. The lowest BCUT2D eigenvalue weighted by molar-refractivity contribution is 0.243. The van der Waals surface area contributed by atoms with Gasteiger partial charge in [-0.2, -0.15) is 0 Å². The van der Waals surface area contributed by atoms with Crippen LogP contribution in [0.5, 0.6) is 0 Å². The van der Waals surface area contributed by atoms with E-state index in [-0.39, 0.29) is 0 Å². The molecule has 2 nitrogen and oxygen atoms in total. The van der Waals surface area contributed by atoms with Crippen molar-refractivity contribution in [2.45, 2.75) is 57.5 Å². The first kappa shape index (κ1) is 15.4. The average molecular weight is 351 g/mol. The van der Waals surface area contributed by atoms with E-state index in [0.717, 1.165) is 12.0 Å². The molecular formula is C18H27BrN2. The van der Waals surface area contributed by atoms with Crippen molar-refractivity contribution in [3.8, 4) is 0 Å². The van der Waals surface area contributed by atoms with E-state index < -0.39 is 0 Å². The summed E-state index contributed by atoms with van der Waals surface area (Å²) in [5.41, 5.74) is 2.88. The van der Waals surface area contributed by atoms with Crippen LogP contribution in [0.4, 0.5) is 5.69 Å². The summed E-state index contributed by atoms with van der Waals surface area (Å²) in [6.45, 7) is 3.49. The molecule has 1 heterocycles. The predicted molar refractivity (Wildman–Crippen MR) is 93.9 cm³/mol. The zero-order chi connectivity index (χ0) is 14.8. The van der Waals surface area contributed by atoms with Gasteiger partial charge >= 0.3 is 0 Å². The molecule has 116 valence electrons. The first-order chi connectivity index (χ1) is 10.2. The topological polar surface area (TPSA) is 15.3 Å². The van der Waals surface area contributed by atoms with Crippen molar-refractivity contribution in [1.82, 2.24) is 5.32 Å². The summed E-state index contributed by atoms with van der Waals surface area (Å²) < 4.78 is 1.18. The minimum atomic E-state index is 0.390. The smallest absolute Gasteiger partial charge is 0.0418 e. The van der Waals surface area contributed by atoms with Crippen molar-refractivity contribution < 1.29 is 0 Å². The number of nitrogens with one attached hydrogen (secondary N) is 1. The summed E-state index contributed by atoms with van der Waals surface area (Å²) in [7, 11) is 2.05. The molecule has 0 bridgehead atoms. The zero-order valence-corrected chi connectivity index (χ0v) is 14.8. The lowest BCUT2D eigenvalue weighted by Crippen LogP contribution is -2.47. The Labute approximate surface area is 137 Å². The Morgan fingerprint density at radius 1 is 1.19 bits per heavy atom. The van der Waals surface area contributed by atoms with Crippen molar-refractivity contribution in [3.05, 3.63) is 28.2 Å². The van der Waals surface area contributed by atoms with Crippen LogP contribution in [0.3, 0.4) is 0 Å². The number of halogens is 1. The summed E-state index contributed by atoms with van der Waals surface area (Å²) in [4.78, 5) is 2.73. The van der Waals surface area contributed by atoms with Gasteiger partial charge in [-0.1, -0.05) is 28.8 Å². The van der Waals surface area contributed by atoms with Crippen LogP contribution in [0.2, 0.25) is 0 Å². The number of anilines is 1. The Hall–Kier alpha value is -0.540. The summed E-state index contributed by atoms with van der Waals surface area (Å²) in [6.07, 6.45) is 8.46. The molecule has 0 amide bonds. The van der Waals surface area contributed by atoms with Crippen LogP contribution < -0.4 is 10.2 Å². The van der Waals surface area contributed by atoms with Crippen LogP contribution in [0.15, 0.2) is 22.7 Å². The van der Waals surface area contributed by atoms with Crippen molar-refractivity contribution in [1.29, 1.82) is 0 Å². The van der Waals surface area contributed by atoms with Crippen LogP contribution in [0.25, 0.3) is 0 Å². The standard InChI is InChI=1S/C18H27BrN2/c1-13(20-2)16-12-15(19)9-10-18(16)21-11-5-7-14-6-3-4-8-17(14)21/h9-10,12-14,17,20H,3-8,11H2,1-2H3. The highest BCUT2D eigenvalue weighted by Crippen LogP contribution is 2.40. The van der Waals surface area contributed by atoms with E-state index >= 15 is 0 Å². The second kappa shape index (κ2) is 6.70. The van der Waals surface area contributed by atoms with Gasteiger partial charge in [0.1, 0.15) is 0 Å². The Bertz CT molecular complexity index is 486. The Kier molecular flexibility index (Phi) is 4.90. The Balaban J connectivity index is 1.94. The largest absolute Gasteiger partial charge is 0.368 e. The van der Waals surface area contributed by atoms with E-state index in [2.05, 4.69) is 58.3 Å². The number of piperidine rings is 1. The molecule has 0 radical (unpaired) electrons. The molecule has 3 rings (SSSR count). The highest BCUT2D eigenvalue weighted by Gasteiger charge is 2.34. The molecule has 1 saturated heterocycles. The second-order valence-corrected chi connectivity index (χ2v) is 7.58. The SMILES string of the molecule is CNC(C)c1cc(Br)ccc1N1CCCC2CCCCC21. The molecule has 3 heteroatoms. The van der Waals surface area contributed by atoms with Crippen molar-refractivity contribution in [2.75, 3.05) is 18.5 Å². The Morgan fingerprint density at radius 2 is 1.95 bits per heavy atom. The molecule has 1 N–H and O–H groups in total. The van der Waals surface area contributed by atoms with Gasteiger partial charge in [-0.25, -0.2) is 0 Å². The molecule has 3 unspecified atom stereocenters. The fourth-order valence-corrected chi connectivity index (χ4v) is 4.59. The van der Waals surface area contributed by atoms with Crippen LogP contribution in [-0.2, 0) is 0 Å². The van der Waals surface area contributed by atoms with E-state index in [4.69, 9.17) is 0 Å². The van der Waals surface area contributed by atoms with E-state index in [1.165, 1.54) is 60.8 Å². The summed E-state index contributed by atoms with van der Waals surface area (Å²) in [6, 6.07) is 7.99. The molecule has 1 aromatic rings. The van der Waals surface area contributed by atoms with Crippen LogP contribution in [0, 0.1) is 5.92 Å². The van der Waals surface area contributed by atoms with Gasteiger partial charge in [-0.15, -0.1) is 0 Å². The summed E-state index contributed by atoms with van der Waals surface area (Å²) in [5, 5.41) is 3.41. The van der Waals surface area contributed by atoms with E-state index in [0.29, 0.717) is 6.04 Å². The monoisotopic (exact) mass is 350 g/mol. The fourth-order valence-electron chi connectivity index (χ4n) is 4.21. The van der Waals surface area contributed by atoms with Crippen molar-refractivity contribution >= 4 is 21.6 Å². The molecule has 0 spiro atoms. The normalized spacial score (nSPS) is 27.3. The maximum Gasteiger partial charge on any atom is 0.0418 e.